The van der Waals surface area contributed by atoms with E-state index in [-0.39, 0.29) is 17.0 Å². The molecule has 1 aliphatic heterocycles. The van der Waals surface area contributed by atoms with E-state index < -0.39 is 71.6 Å². The first-order valence-corrected chi connectivity index (χ1v) is 10.1. The van der Waals surface area contributed by atoms with Gasteiger partial charge >= 0.3 is 12.1 Å². The van der Waals surface area contributed by atoms with Gasteiger partial charge in [0.25, 0.3) is 0 Å². The molecule has 1 saturated carbocycles. The number of nitrogens with one attached hydrogen (secondary N) is 1. The van der Waals surface area contributed by atoms with Crippen molar-refractivity contribution >= 4 is 23.5 Å². The molecule has 1 aliphatic carbocycles. The van der Waals surface area contributed by atoms with Crippen molar-refractivity contribution in [1.82, 2.24) is 5.32 Å². The van der Waals surface area contributed by atoms with Crippen LogP contribution in [0.1, 0.15) is 57.1 Å². The Morgan fingerprint density at radius 2 is 1.88 bits per heavy atom. The van der Waals surface area contributed by atoms with E-state index >= 15 is 4.39 Å². The van der Waals surface area contributed by atoms with Crippen LogP contribution in [-0.2, 0) is 19.8 Å². The maximum atomic E-state index is 15.2. The van der Waals surface area contributed by atoms with E-state index in [1.807, 2.05) is 5.32 Å². The third-order valence-electron chi connectivity index (χ3n) is 6.02. The fourth-order valence-electron chi connectivity index (χ4n) is 4.17. The molecule has 0 spiro atoms. The highest BCUT2D eigenvalue weighted by Crippen LogP contribution is 2.50. The molecule has 0 saturated heterocycles. The molecule has 32 heavy (non-hydrogen) atoms. The third kappa shape index (κ3) is 4.29. The largest absolute Gasteiger partial charge is 0.481 e. The minimum atomic E-state index is -4.89. The van der Waals surface area contributed by atoms with Crippen LogP contribution < -0.4 is 10.2 Å². The zero-order valence-corrected chi connectivity index (χ0v) is 17.6. The van der Waals surface area contributed by atoms with Gasteiger partial charge in [-0.25, -0.2) is 8.78 Å². The van der Waals surface area contributed by atoms with Crippen LogP contribution in [0.3, 0.4) is 0 Å². The first-order valence-electron chi connectivity index (χ1n) is 10.1. The summed E-state index contributed by atoms with van der Waals surface area (Å²) in [5.74, 6) is -7.61. The molecule has 1 aromatic rings. The molecule has 1 aromatic carbocycles. The van der Waals surface area contributed by atoms with Crippen LogP contribution in [0.25, 0.3) is 0 Å². The summed E-state index contributed by atoms with van der Waals surface area (Å²) < 4.78 is 69.6. The van der Waals surface area contributed by atoms with E-state index in [0.717, 1.165) is 17.9 Å². The second-order valence-electron chi connectivity index (χ2n) is 8.88. The number of amides is 2. The minimum Gasteiger partial charge on any atom is -0.481 e. The van der Waals surface area contributed by atoms with Crippen LogP contribution in [0.15, 0.2) is 6.07 Å². The highest BCUT2D eigenvalue weighted by Gasteiger charge is 2.50. The molecule has 2 unspecified atom stereocenters. The standard InChI is InChI=1S/C21H23F5N2O4/c1-9(12(7-15(30)31)21(24,25)26)27-14(29)8-28-18-13(22)6-11(10-4-5-10)17(23)16(18)20(2,3)19(28)32/h6,9-10,12H,4-5,7-8H2,1-3H3,(H,27,29)(H,30,31). The van der Waals surface area contributed by atoms with E-state index in [0.29, 0.717) is 12.8 Å². The maximum Gasteiger partial charge on any atom is 0.394 e. The van der Waals surface area contributed by atoms with Gasteiger partial charge in [-0.3, -0.25) is 19.3 Å². The molecule has 3 rings (SSSR count). The summed E-state index contributed by atoms with van der Waals surface area (Å²) in [4.78, 5) is 36.9. The van der Waals surface area contributed by atoms with Crippen molar-refractivity contribution in [2.75, 3.05) is 11.4 Å². The van der Waals surface area contributed by atoms with Crippen LogP contribution in [0.4, 0.5) is 27.6 Å². The molecule has 0 aromatic heterocycles. The Balaban J connectivity index is 1.86. The fourth-order valence-corrected chi connectivity index (χ4v) is 4.17. The number of carboxylic acids is 1. The number of carboxylic acid groups (broad SMARTS) is 1. The SMILES string of the molecule is CC(NC(=O)CN1C(=O)C(C)(C)c2c(F)c(C3CC3)cc(F)c21)C(CC(=O)O)C(F)(F)F. The molecule has 2 aliphatic rings. The van der Waals surface area contributed by atoms with Crippen molar-refractivity contribution in [3.8, 4) is 0 Å². The number of rotatable bonds is 7. The van der Waals surface area contributed by atoms with E-state index in [9.17, 15) is 31.9 Å². The molecular weight excluding hydrogens is 439 g/mol. The summed E-state index contributed by atoms with van der Waals surface area (Å²) >= 11 is 0. The topological polar surface area (TPSA) is 86.7 Å². The summed E-state index contributed by atoms with van der Waals surface area (Å²) in [5, 5.41) is 10.8. The van der Waals surface area contributed by atoms with Gasteiger partial charge in [-0.2, -0.15) is 13.2 Å². The maximum absolute atomic E-state index is 15.2. The van der Waals surface area contributed by atoms with Crippen LogP contribution in [0.5, 0.6) is 0 Å². The average Bonchev–Trinajstić information content (AvgIpc) is 3.45. The Bertz CT molecular complexity index is 972. The normalized spacial score (nSPS) is 19.5. The van der Waals surface area contributed by atoms with Gasteiger partial charge in [0, 0.05) is 11.6 Å². The second kappa shape index (κ2) is 8.00. The average molecular weight is 462 g/mol. The van der Waals surface area contributed by atoms with Gasteiger partial charge in [-0.15, -0.1) is 0 Å². The molecule has 176 valence electrons. The number of aliphatic carboxylic acids is 1. The van der Waals surface area contributed by atoms with Crippen molar-refractivity contribution in [3.63, 3.8) is 0 Å². The lowest BCUT2D eigenvalue weighted by atomic mass is 9.84. The zero-order valence-electron chi connectivity index (χ0n) is 17.6. The van der Waals surface area contributed by atoms with E-state index in [2.05, 4.69) is 0 Å². The van der Waals surface area contributed by atoms with Crippen LogP contribution in [0, 0.1) is 17.6 Å². The van der Waals surface area contributed by atoms with Gasteiger partial charge in [-0.1, -0.05) is 0 Å². The summed E-state index contributed by atoms with van der Waals surface area (Å²) in [5.41, 5.74) is -1.88. The number of carbonyl (C=O) groups is 3. The number of halogens is 5. The fraction of sp³-hybridized carbons (Fsp3) is 0.571. The van der Waals surface area contributed by atoms with Gasteiger partial charge in [0.05, 0.1) is 23.4 Å². The summed E-state index contributed by atoms with van der Waals surface area (Å²) in [6.07, 6.45) is -4.75. The van der Waals surface area contributed by atoms with Crippen LogP contribution in [0.2, 0.25) is 0 Å². The van der Waals surface area contributed by atoms with E-state index in [4.69, 9.17) is 5.11 Å². The van der Waals surface area contributed by atoms with Crippen molar-refractivity contribution in [2.45, 2.75) is 63.6 Å². The Hall–Kier alpha value is -2.72. The molecule has 2 atom stereocenters. The van der Waals surface area contributed by atoms with E-state index in [1.165, 1.54) is 13.8 Å². The Morgan fingerprint density at radius 3 is 2.38 bits per heavy atom. The second-order valence-corrected chi connectivity index (χ2v) is 8.88. The first kappa shape index (κ1) is 23.9. The predicted octanol–water partition coefficient (Wildman–Crippen LogP) is 3.62. The summed E-state index contributed by atoms with van der Waals surface area (Å²) in [7, 11) is 0. The number of alkyl halides is 3. The lowest BCUT2D eigenvalue weighted by Gasteiger charge is -2.27. The number of anilines is 1. The van der Waals surface area contributed by atoms with Crippen molar-refractivity contribution in [3.05, 3.63) is 28.8 Å². The van der Waals surface area contributed by atoms with Crippen LogP contribution >= 0.6 is 0 Å². The number of benzene rings is 1. The third-order valence-corrected chi connectivity index (χ3v) is 6.02. The van der Waals surface area contributed by atoms with Gasteiger partial charge in [0.15, 0.2) is 0 Å². The van der Waals surface area contributed by atoms with Crippen LogP contribution in [-0.4, -0.2) is 41.7 Å². The van der Waals surface area contributed by atoms with Gasteiger partial charge in [-0.05, 0) is 51.2 Å². The number of nitrogens with zero attached hydrogens (tertiary/aromatic N) is 1. The highest BCUT2D eigenvalue weighted by atomic mass is 19.4. The van der Waals surface area contributed by atoms with Gasteiger partial charge in [0.2, 0.25) is 11.8 Å². The smallest absolute Gasteiger partial charge is 0.394 e. The van der Waals surface area contributed by atoms with Gasteiger partial charge < -0.3 is 10.4 Å². The Morgan fingerprint density at radius 1 is 1.28 bits per heavy atom. The molecule has 1 fully saturated rings. The quantitative estimate of drug-likeness (QED) is 0.606. The number of hydrogen-bond acceptors (Lipinski definition) is 3. The van der Waals surface area contributed by atoms with Gasteiger partial charge in [0.1, 0.15) is 18.2 Å². The summed E-state index contributed by atoms with van der Waals surface area (Å²) in [6, 6.07) is -0.622. The van der Waals surface area contributed by atoms with Crippen molar-refractivity contribution < 1.29 is 41.4 Å². The summed E-state index contributed by atoms with van der Waals surface area (Å²) in [6.45, 7) is 2.93. The molecule has 11 heteroatoms. The first-order chi connectivity index (χ1) is 14.7. The minimum absolute atomic E-state index is 0.132. The predicted molar refractivity (Wildman–Crippen MR) is 103 cm³/mol. The Labute approximate surface area is 180 Å². The molecule has 1 heterocycles. The molecular formula is C21H23F5N2O4. The van der Waals surface area contributed by atoms with E-state index in [1.54, 1.807) is 0 Å². The zero-order chi connectivity index (χ0) is 24.2. The Kier molecular flexibility index (Phi) is 5.99. The molecule has 0 bridgehead atoms. The molecule has 0 radical (unpaired) electrons. The monoisotopic (exact) mass is 462 g/mol. The number of fused-ring (bicyclic) bond motifs is 1. The number of hydrogen-bond donors (Lipinski definition) is 2. The molecule has 2 amide bonds. The molecule has 6 nitrogen and oxygen atoms in total. The van der Waals surface area contributed by atoms with Crippen molar-refractivity contribution in [2.24, 2.45) is 5.92 Å². The van der Waals surface area contributed by atoms with Crippen molar-refractivity contribution in [1.29, 1.82) is 0 Å². The lowest BCUT2D eigenvalue weighted by Crippen LogP contribution is -2.49. The lowest BCUT2D eigenvalue weighted by molar-refractivity contribution is -0.189. The molecule has 2 N–H and O–H groups in total. The number of carbonyl (C=O) groups excluding carboxylic acids is 2. The highest BCUT2D eigenvalue weighted by molar-refractivity contribution is 6.10.